The molecule has 3 heteroatoms. The van der Waals surface area contributed by atoms with Gasteiger partial charge in [-0.3, -0.25) is 4.79 Å². The summed E-state index contributed by atoms with van der Waals surface area (Å²) in [4.78, 5) is 10.9. The molecule has 0 unspecified atom stereocenters. The van der Waals surface area contributed by atoms with Gasteiger partial charge in [-0.15, -0.1) is 0 Å². The Bertz CT molecular complexity index is 340. The smallest absolute Gasteiger partial charge is 0.217 e. The minimum absolute atomic E-state index is 0.117. The minimum atomic E-state index is -0.196. The molecule has 0 aliphatic rings. The number of hydrogen-bond donors (Lipinski definition) is 1. The van der Waals surface area contributed by atoms with Crippen LogP contribution in [0.4, 0.5) is 0 Å². The Labute approximate surface area is 83.4 Å². The first-order chi connectivity index (χ1) is 6.74. The molecule has 72 valence electrons. The Morgan fingerprint density at radius 3 is 2.64 bits per heavy atom. The van der Waals surface area contributed by atoms with Crippen LogP contribution in [0.25, 0.3) is 0 Å². The Morgan fingerprint density at radius 1 is 1.50 bits per heavy atom. The number of nitrogens with one attached hydrogen (secondary N) is 1. The highest BCUT2D eigenvalue weighted by Gasteiger charge is 2.10. The Morgan fingerprint density at radius 2 is 2.14 bits per heavy atom. The van der Waals surface area contributed by atoms with Crippen LogP contribution in [0.1, 0.15) is 24.9 Å². The van der Waals surface area contributed by atoms with Crippen molar-refractivity contribution in [3.05, 3.63) is 35.9 Å². The molecule has 0 aliphatic carbocycles. The number of nitriles is 1. The van der Waals surface area contributed by atoms with Gasteiger partial charge in [0, 0.05) is 6.92 Å². The van der Waals surface area contributed by atoms with Gasteiger partial charge >= 0.3 is 0 Å². The first kappa shape index (κ1) is 10.3. The lowest BCUT2D eigenvalue weighted by atomic mass is 10.0. The fraction of sp³-hybridized carbons (Fsp3) is 0.273. The van der Waals surface area contributed by atoms with E-state index >= 15 is 0 Å². The van der Waals surface area contributed by atoms with Crippen molar-refractivity contribution in [2.45, 2.75) is 19.4 Å². The fourth-order valence-corrected chi connectivity index (χ4v) is 1.27. The van der Waals surface area contributed by atoms with Crippen LogP contribution in [0.2, 0.25) is 0 Å². The monoisotopic (exact) mass is 188 g/mol. The quantitative estimate of drug-likeness (QED) is 0.786. The average molecular weight is 188 g/mol. The average Bonchev–Trinajstić information content (AvgIpc) is 2.18. The lowest BCUT2D eigenvalue weighted by molar-refractivity contribution is -0.119. The minimum Gasteiger partial charge on any atom is -0.348 e. The Hall–Kier alpha value is -1.82. The number of hydrogen-bond acceptors (Lipinski definition) is 2. The van der Waals surface area contributed by atoms with Crippen LogP contribution in [-0.2, 0) is 4.79 Å². The van der Waals surface area contributed by atoms with Gasteiger partial charge in [-0.25, -0.2) is 0 Å². The molecule has 0 bridgehead atoms. The molecule has 0 saturated heterocycles. The largest absolute Gasteiger partial charge is 0.348 e. The summed E-state index contributed by atoms with van der Waals surface area (Å²) in [5.74, 6) is -0.117. The zero-order valence-corrected chi connectivity index (χ0v) is 8.03. The van der Waals surface area contributed by atoms with E-state index in [0.29, 0.717) is 6.42 Å². The molecule has 3 nitrogen and oxygen atoms in total. The number of benzene rings is 1. The molecule has 0 aliphatic heterocycles. The second kappa shape index (κ2) is 5.03. The van der Waals surface area contributed by atoms with Crippen LogP contribution >= 0.6 is 0 Å². The van der Waals surface area contributed by atoms with Crippen LogP contribution in [0.3, 0.4) is 0 Å². The van der Waals surface area contributed by atoms with Gasteiger partial charge in [0.1, 0.15) is 0 Å². The van der Waals surface area contributed by atoms with E-state index in [1.807, 2.05) is 30.3 Å². The van der Waals surface area contributed by atoms with Crippen molar-refractivity contribution < 1.29 is 4.79 Å². The van der Waals surface area contributed by atoms with E-state index in [0.717, 1.165) is 5.56 Å². The second-order valence-electron chi connectivity index (χ2n) is 3.03. The zero-order valence-electron chi connectivity index (χ0n) is 8.03. The summed E-state index contributed by atoms with van der Waals surface area (Å²) in [7, 11) is 0. The van der Waals surface area contributed by atoms with Crippen molar-refractivity contribution in [1.29, 1.82) is 5.26 Å². The van der Waals surface area contributed by atoms with Crippen LogP contribution < -0.4 is 5.32 Å². The van der Waals surface area contributed by atoms with Crippen molar-refractivity contribution in [2.75, 3.05) is 0 Å². The van der Waals surface area contributed by atoms with Crippen LogP contribution in [0.15, 0.2) is 30.3 Å². The zero-order chi connectivity index (χ0) is 10.4. The summed E-state index contributed by atoms with van der Waals surface area (Å²) < 4.78 is 0. The molecular formula is C11H12N2O. The van der Waals surface area contributed by atoms with E-state index in [-0.39, 0.29) is 11.9 Å². The third-order valence-corrected chi connectivity index (χ3v) is 1.87. The Kier molecular flexibility index (Phi) is 3.69. The molecule has 1 rings (SSSR count). The van der Waals surface area contributed by atoms with E-state index in [2.05, 4.69) is 11.4 Å². The molecule has 0 saturated carbocycles. The van der Waals surface area contributed by atoms with Crippen LogP contribution in [0.5, 0.6) is 0 Å². The number of carbonyl (C=O) groups excluding carboxylic acids is 1. The third-order valence-electron chi connectivity index (χ3n) is 1.87. The van der Waals surface area contributed by atoms with E-state index in [1.165, 1.54) is 6.92 Å². The van der Waals surface area contributed by atoms with E-state index < -0.39 is 0 Å². The number of amides is 1. The first-order valence-corrected chi connectivity index (χ1v) is 4.43. The van der Waals surface area contributed by atoms with E-state index in [4.69, 9.17) is 5.26 Å². The Balaban J connectivity index is 2.78. The summed E-state index contributed by atoms with van der Waals surface area (Å²) >= 11 is 0. The molecule has 0 spiro atoms. The summed E-state index contributed by atoms with van der Waals surface area (Å²) in [5, 5.41) is 11.3. The molecule has 0 radical (unpaired) electrons. The van der Waals surface area contributed by atoms with Crippen LogP contribution in [-0.4, -0.2) is 5.91 Å². The summed E-state index contributed by atoms with van der Waals surface area (Å²) in [6.07, 6.45) is 0.295. The van der Waals surface area contributed by atoms with Crippen molar-refractivity contribution in [3.63, 3.8) is 0 Å². The van der Waals surface area contributed by atoms with Gasteiger partial charge in [0.15, 0.2) is 0 Å². The molecule has 0 aromatic heterocycles. The molecular weight excluding hydrogens is 176 g/mol. The maximum absolute atomic E-state index is 10.9. The predicted molar refractivity (Wildman–Crippen MR) is 53.2 cm³/mol. The van der Waals surface area contributed by atoms with E-state index in [1.54, 1.807) is 0 Å². The molecule has 1 N–H and O–H groups in total. The lowest BCUT2D eigenvalue weighted by Crippen LogP contribution is -2.25. The van der Waals surface area contributed by atoms with E-state index in [9.17, 15) is 4.79 Å². The summed E-state index contributed by atoms with van der Waals surface area (Å²) in [6.45, 7) is 1.45. The van der Waals surface area contributed by atoms with Gasteiger partial charge in [-0.2, -0.15) is 5.26 Å². The molecule has 1 aromatic carbocycles. The topological polar surface area (TPSA) is 52.9 Å². The number of rotatable bonds is 3. The molecule has 1 aromatic rings. The van der Waals surface area contributed by atoms with Gasteiger partial charge in [0.25, 0.3) is 0 Å². The van der Waals surface area contributed by atoms with Crippen molar-refractivity contribution in [1.82, 2.24) is 5.32 Å². The highest BCUT2D eigenvalue weighted by atomic mass is 16.1. The third kappa shape index (κ3) is 2.91. The van der Waals surface area contributed by atoms with Gasteiger partial charge in [0.05, 0.1) is 18.5 Å². The molecule has 0 heterocycles. The van der Waals surface area contributed by atoms with Crippen LogP contribution in [0, 0.1) is 11.3 Å². The SMILES string of the molecule is CC(=O)N[C@@H](CC#N)c1ccccc1. The standard InChI is InChI=1S/C11H12N2O/c1-9(14)13-11(7-8-12)10-5-3-2-4-6-10/h2-6,11H,7H2,1H3,(H,13,14)/t11-/m0/s1. The fourth-order valence-electron chi connectivity index (χ4n) is 1.27. The summed E-state index contributed by atoms with van der Waals surface area (Å²) in [6, 6.07) is 11.3. The van der Waals surface area contributed by atoms with Gasteiger partial charge in [-0.1, -0.05) is 30.3 Å². The maximum Gasteiger partial charge on any atom is 0.217 e. The first-order valence-electron chi connectivity index (χ1n) is 4.43. The van der Waals surface area contributed by atoms with Crippen molar-refractivity contribution >= 4 is 5.91 Å². The highest BCUT2D eigenvalue weighted by Crippen LogP contribution is 2.15. The number of carbonyl (C=O) groups is 1. The van der Waals surface area contributed by atoms with Crippen molar-refractivity contribution in [2.24, 2.45) is 0 Å². The van der Waals surface area contributed by atoms with Gasteiger partial charge in [-0.05, 0) is 5.56 Å². The maximum atomic E-state index is 10.9. The normalized spacial score (nSPS) is 11.4. The molecule has 0 fully saturated rings. The number of nitrogens with zero attached hydrogens (tertiary/aromatic N) is 1. The molecule has 1 amide bonds. The molecule has 14 heavy (non-hydrogen) atoms. The van der Waals surface area contributed by atoms with Gasteiger partial charge in [0.2, 0.25) is 5.91 Å². The highest BCUT2D eigenvalue weighted by molar-refractivity contribution is 5.73. The van der Waals surface area contributed by atoms with Crippen molar-refractivity contribution in [3.8, 4) is 6.07 Å². The predicted octanol–water partition coefficient (Wildman–Crippen LogP) is 1.78. The second-order valence-corrected chi connectivity index (χ2v) is 3.03. The van der Waals surface area contributed by atoms with Gasteiger partial charge < -0.3 is 5.32 Å². The lowest BCUT2D eigenvalue weighted by Gasteiger charge is -2.14. The summed E-state index contributed by atoms with van der Waals surface area (Å²) in [5.41, 5.74) is 0.962. The molecule has 1 atom stereocenters.